The second kappa shape index (κ2) is 6.29. The number of hydrogen-bond donors (Lipinski definition) is 1. The molecular formula is C17H20ClNO. The Kier molecular flexibility index (Phi) is 4.69. The summed E-state index contributed by atoms with van der Waals surface area (Å²) in [5, 5.41) is 0. The summed E-state index contributed by atoms with van der Waals surface area (Å²) in [6.07, 6.45) is 1.15. The van der Waals surface area contributed by atoms with Crippen LogP contribution in [0, 0.1) is 0 Å². The number of quaternary nitrogens is 1. The minimum atomic E-state index is 0. The zero-order chi connectivity index (χ0) is 13.2. The molecular weight excluding hydrogens is 270 g/mol. The van der Waals surface area contributed by atoms with E-state index in [1.54, 1.807) is 0 Å². The van der Waals surface area contributed by atoms with Crippen molar-refractivity contribution < 1.29 is 22.0 Å². The van der Waals surface area contributed by atoms with Gasteiger partial charge >= 0.3 is 0 Å². The fourth-order valence-electron chi connectivity index (χ4n) is 2.75. The third-order valence-corrected chi connectivity index (χ3v) is 3.74. The molecule has 0 fully saturated rings. The first-order chi connectivity index (χ1) is 9.25. The molecule has 0 aliphatic carbocycles. The summed E-state index contributed by atoms with van der Waals surface area (Å²) >= 11 is 0. The summed E-state index contributed by atoms with van der Waals surface area (Å²) in [5.74, 6) is 2.48. The molecule has 1 heterocycles. The van der Waals surface area contributed by atoms with Gasteiger partial charge in [-0.15, -0.1) is 0 Å². The molecule has 0 spiro atoms. The average Bonchev–Trinajstić information content (AvgIpc) is 2.43. The number of para-hydroxylation sites is 2. The van der Waals surface area contributed by atoms with Crippen molar-refractivity contribution in [3.63, 3.8) is 0 Å². The van der Waals surface area contributed by atoms with E-state index in [1.165, 1.54) is 16.0 Å². The largest absolute Gasteiger partial charge is 1.00 e. The molecule has 0 unspecified atom stereocenters. The Bertz CT molecular complexity index is 537. The van der Waals surface area contributed by atoms with Gasteiger partial charge in [0.05, 0.1) is 20.6 Å². The van der Waals surface area contributed by atoms with Gasteiger partial charge in [-0.1, -0.05) is 36.4 Å². The lowest BCUT2D eigenvalue weighted by atomic mass is 9.85. The fourth-order valence-corrected chi connectivity index (χ4v) is 2.75. The van der Waals surface area contributed by atoms with Crippen LogP contribution in [0.5, 0.6) is 11.5 Å². The van der Waals surface area contributed by atoms with E-state index in [2.05, 4.69) is 50.5 Å². The molecule has 2 aromatic carbocycles. The minimum Gasteiger partial charge on any atom is -1.00 e. The van der Waals surface area contributed by atoms with Crippen molar-refractivity contribution >= 4 is 0 Å². The highest BCUT2D eigenvalue weighted by molar-refractivity contribution is 5.53. The van der Waals surface area contributed by atoms with Crippen molar-refractivity contribution in [2.75, 3.05) is 20.6 Å². The predicted molar refractivity (Wildman–Crippen MR) is 77.1 cm³/mol. The van der Waals surface area contributed by atoms with E-state index in [0.29, 0.717) is 5.92 Å². The maximum Gasteiger partial charge on any atom is 0.131 e. The summed E-state index contributed by atoms with van der Waals surface area (Å²) in [5.41, 5.74) is 2.64. The molecule has 0 bridgehead atoms. The lowest BCUT2D eigenvalue weighted by molar-refractivity contribution is -0.858. The third kappa shape index (κ3) is 2.82. The van der Waals surface area contributed by atoms with Crippen LogP contribution in [0.1, 0.15) is 23.5 Å². The van der Waals surface area contributed by atoms with Gasteiger partial charge in [-0.2, -0.15) is 0 Å². The van der Waals surface area contributed by atoms with Crippen molar-refractivity contribution in [3.8, 4) is 11.5 Å². The number of rotatable bonds is 3. The van der Waals surface area contributed by atoms with Crippen LogP contribution in [0.3, 0.4) is 0 Å². The van der Waals surface area contributed by atoms with E-state index in [1.807, 2.05) is 12.1 Å². The van der Waals surface area contributed by atoms with E-state index in [9.17, 15) is 0 Å². The Morgan fingerprint density at radius 3 is 1.90 bits per heavy atom. The molecule has 3 rings (SSSR count). The highest BCUT2D eigenvalue weighted by Gasteiger charge is 2.26. The van der Waals surface area contributed by atoms with Gasteiger partial charge in [-0.3, -0.25) is 0 Å². The molecule has 1 aliphatic rings. The summed E-state index contributed by atoms with van der Waals surface area (Å²) in [7, 11) is 4.41. The maximum absolute atomic E-state index is 6.01. The summed E-state index contributed by atoms with van der Waals surface area (Å²) in [4.78, 5) is 1.49. The molecule has 2 nitrogen and oxygen atoms in total. The SMILES string of the molecule is C[NH+](C)CCC1c2ccccc2Oc2ccccc21.[Cl-]. The van der Waals surface area contributed by atoms with Crippen molar-refractivity contribution in [2.24, 2.45) is 0 Å². The van der Waals surface area contributed by atoms with Gasteiger partial charge in [-0.25, -0.2) is 0 Å². The topological polar surface area (TPSA) is 13.7 Å². The zero-order valence-corrected chi connectivity index (χ0v) is 12.7. The average molecular weight is 290 g/mol. The number of nitrogens with one attached hydrogen (secondary N) is 1. The highest BCUT2D eigenvalue weighted by Crippen LogP contribution is 2.44. The molecule has 1 aliphatic heterocycles. The van der Waals surface area contributed by atoms with Crippen LogP contribution in [-0.2, 0) is 0 Å². The van der Waals surface area contributed by atoms with Gasteiger partial charge in [0.25, 0.3) is 0 Å². The predicted octanol–water partition coefficient (Wildman–Crippen LogP) is -0.537. The van der Waals surface area contributed by atoms with Crippen molar-refractivity contribution in [2.45, 2.75) is 12.3 Å². The molecule has 0 radical (unpaired) electrons. The van der Waals surface area contributed by atoms with E-state index >= 15 is 0 Å². The summed E-state index contributed by atoms with van der Waals surface area (Å²) in [6, 6.07) is 16.8. The van der Waals surface area contributed by atoms with Gasteiger partial charge in [0.1, 0.15) is 11.5 Å². The van der Waals surface area contributed by atoms with Crippen LogP contribution in [0.15, 0.2) is 48.5 Å². The second-order valence-electron chi connectivity index (χ2n) is 5.48. The molecule has 20 heavy (non-hydrogen) atoms. The molecule has 0 amide bonds. The fraction of sp³-hybridized carbons (Fsp3) is 0.294. The Balaban J connectivity index is 0.00000147. The minimum absolute atomic E-state index is 0. The van der Waals surface area contributed by atoms with E-state index in [4.69, 9.17) is 4.74 Å². The molecule has 0 atom stereocenters. The number of fused-ring (bicyclic) bond motifs is 2. The van der Waals surface area contributed by atoms with Gasteiger partial charge in [0.15, 0.2) is 0 Å². The van der Waals surface area contributed by atoms with Gasteiger partial charge in [0, 0.05) is 23.5 Å². The maximum atomic E-state index is 6.01. The molecule has 0 saturated heterocycles. The van der Waals surface area contributed by atoms with Crippen LogP contribution in [0.25, 0.3) is 0 Å². The highest BCUT2D eigenvalue weighted by atomic mass is 35.5. The van der Waals surface area contributed by atoms with Gasteiger partial charge in [0.2, 0.25) is 0 Å². The van der Waals surface area contributed by atoms with Crippen molar-refractivity contribution in [1.29, 1.82) is 0 Å². The number of ether oxygens (including phenoxy) is 1. The molecule has 106 valence electrons. The number of hydrogen-bond acceptors (Lipinski definition) is 1. The summed E-state index contributed by atoms with van der Waals surface area (Å²) in [6.45, 7) is 1.16. The monoisotopic (exact) mass is 289 g/mol. The number of halogens is 1. The van der Waals surface area contributed by atoms with E-state index in [-0.39, 0.29) is 12.4 Å². The normalized spacial score (nSPS) is 13.2. The van der Waals surface area contributed by atoms with Crippen molar-refractivity contribution in [3.05, 3.63) is 59.7 Å². The standard InChI is InChI=1S/C17H19NO.ClH/c1-18(2)12-11-13-14-7-3-5-9-16(14)19-17-10-6-4-8-15(13)17;/h3-10,13H,11-12H2,1-2H3;1H. The smallest absolute Gasteiger partial charge is 0.131 e. The first-order valence-electron chi connectivity index (χ1n) is 6.90. The van der Waals surface area contributed by atoms with Crippen LogP contribution in [0.4, 0.5) is 0 Å². The Hall–Kier alpha value is -1.51. The van der Waals surface area contributed by atoms with Crippen LogP contribution < -0.4 is 22.0 Å². The molecule has 2 aromatic rings. The molecule has 0 aromatic heterocycles. The lowest BCUT2D eigenvalue weighted by Crippen LogP contribution is -3.05. The Morgan fingerprint density at radius 2 is 1.40 bits per heavy atom. The molecule has 0 saturated carbocycles. The second-order valence-corrected chi connectivity index (χ2v) is 5.48. The lowest BCUT2D eigenvalue weighted by Gasteiger charge is -2.28. The zero-order valence-electron chi connectivity index (χ0n) is 11.9. The van der Waals surface area contributed by atoms with Gasteiger partial charge in [-0.05, 0) is 12.1 Å². The van der Waals surface area contributed by atoms with Crippen LogP contribution in [0.2, 0.25) is 0 Å². The third-order valence-electron chi connectivity index (χ3n) is 3.74. The van der Waals surface area contributed by atoms with E-state index < -0.39 is 0 Å². The Labute approximate surface area is 126 Å². The first-order valence-corrected chi connectivity index (χ1v) is 6.90. The quantitative estimate of drug-likeness (QED) is 0.802. The molecule has 1 N–H and O–H groups in total. The van der Waals surface area contributed by atoms with Crippen LogP contribution in [-0.4, -0.2) is 20.6 Å². The molecule has 3 heteroatoms. The van der Waals surface area contributed by atoms with E-state index in [0.717, 1.165) is 24.5 Å². The van der Waals surface area contributed by atoms with Crippen LogP contribution >= 0.6 is 0 Å². The van der Waals surface area contributed by atoms with Gasteiger partial charge < -0.3 is 22.0 Å². The number of benzene rings is 2. The summed E-state index contributed by atoms with van der Waals surface area (Å²) < 4.78 is 6.01. The Morgan fingerprint density at radius 1 is 0.900 bits per heavy atom. The first kappa shape index (κ1) is 14.9. The van der Waals surface area contributed by atoms with Crippen molar-refractivity contribution in [1.82, 2.24) is 0 Å².